The van der Waals surface area contributed by atoms with Gasteiger partial charge in [0, 0.05) is 61.3 Å². The van der Waals surface area contributed by atoms with Crippen LogP contribution < -0.4 is 21.9 Å². The maximum atomic E-state index is 13.5. The highest BCUT2D eigenvalue weighted by atomic mass is 19.1. The lowest BCUT2D eigenvalue weighted by atomic mass is 9.68. The molecule has 1 saturated heterocycles. The zero-order valence-electron chi connectivity index (χ0n) is 28.8. The topological polar surface area (TPSA) is 144 Å². The van der Waals surface area contributed by atoms with Crippen molar-refractivity contribution in [3.05, 3.63) is 100 Å². The molecule has 11 nitrogen and oxygen atoms in total. The molecule has 2 aromatic heterocycles. The number of nitrogen functional groups attached to an aromatic ring is 1. The van der Waals surface area contributed by atoms with Gasteiger partial charge in [-0.25, -0.2) is 18.6 Å². The number of aryl methyl sites for hydroxylation is 1. The van der Waals surface area contributed by atoms with E-state index in [0.29, 0.717) is 42.3 Å². The third-order valence-corrected chi connectivity index (χ3v) is 9.36. The third-order valence-electron chi connectivity index (χ3n) is 9.36. The Bertz CT molecular complexity index is 2000. The number of hydrazone groups is 1. The van der Waals surface area contributed by atoms with Crippen LogP contribution in [0.1, 0.15) is 49.5 Å². The highest BCUT2D eigenvalue weighted by Gasteiger charge is 2.44. The number of nitrogens with one attached hydrogen (secondary N) is 2. The van der Waals surface area contributed by atoms with E-state index in [9.17, 15) is 23.2 Å². The second-order valence-corrected chi connectivity index (χ2v) is 13.9. The molecular weight excluding hydrogens is 656 g/mol. The number of rotatable bonds is 8. The number of hydrogen-bond acceptors (Lipinski definition) is 8. The number of halogens is 2. The number of nitrogens with zero attached hydrogens (tertiary/aromatic N) is 4. The molecule has 1 unspecified atom stereocenters. The molecule has 266 valence electrons. The molecule has 0 aliphatic carbocycles. The van der Waals surface area contributed by atoms with Crippen molar-refractivity contribution >= 4 is 29.7 Å². The number of pyridine rings is 2. The van der Waals surface area contributed by atoms with Crippen LogP contribution in [0, 0.1) is 11.7 Å². The second kappa shape index (κ2) is 14.3. The van der Waals surface area contributed by atoms with Gasteiger partial charge in [-0.2, -0.15) is 5.10 Å². The van der Waals surface area contributed by atoms with Crippen molar-refractivity contribution in [2.75, 3.05) is 37.4 Å². The standard InChI is InChI=1S/C38H41F2N7O4/c1-37(2,3)51-36(50)47-15-12-26(13-16-47)38(22-43-44-23-38)27-18-30(34(41)42-19-27)24-6-10-29(11-7-24)45-35(49)32-21-46(17-14-39)20-31(33(32)48)25-4-8-28(40)9-5-25/h4-11,18-22,26,44H,12-17,23H2,1-3H3,(H2,41,42)(H,45,49). The summed E-state index contributed by atoms with van der Waals surface area (Å²) >= 11 is 0. The maximum Gasteiger partial charge on any atom is 0.410 e. The lowest BCUT2D eigenvalue weighted by Gasteiger charge is -2.41. The van der Waals surface area contributed by atoms with Gasteiger partial charge in [-0.15, -0.1) is 0 Å². The van der Waals surface area contributed by atoms with Crippen molar-refractivity contribution in [1.29, 1.82) is 0 Å². The van der Waals surface area contributed by atoms with Crippen LogP contribution in [0.25, 0.3) is 22.3 Å². The van der Waals surface area contributed by atoms with Gasteiger partial charge in [0.05, 0.1) is 12.0 Å². The van der Waals surface area contributed by atoms with Crippen LogP contribution in [0.15, 0.2) is 83.1 Å². The lowest BCUT2D eigenvalue weighted by molar-refractivity contribution is 0.0165. The van der Waals surface area contributed by atoms with Gasteiger partial charge in [0.2, 0.25) is 5.43 Å². The van der Waals surface area contributed by atoms with Crippen LogP contribution >= 0.6 is 0 Å². The van der Waals surface area contributed by atoms with Gasteiger partial charge >= 0.3 is 6.09 Å². The van der Waals surface area contributed by atoms with Crippen molar-refractivity contribution in [2.45, 2.75) is 51.2 Å². The summed E-state index contributed by atoms with van der Waals surface area (Å²) in [5.74, 6) is -0.618. The molecule has 0 saturated carbocycles. The average Bonchev–Trinajstić information content (AvgIpc) is 3.61. The van der Waals surface area contributed by atoms with E-state index in [2.05, 4.69) is 20.8 Å². The summed E-state index contributed by atoms with van der Waals surface area (Å²) < 4.78 is 33.8. The number of ether oxygens (including phenoxy) is 1. The fourth-order valence-corrected chi connectivity index (χ4v) is 6.70. The van der Waals surface area contributed by atoms with Gasteiger partial charge in [0.25, 0.3) is 5.91 Å². The van der Waals surface area contributed by atoms with Gasteiger partial charge in [-0.05, 0) is 86.6 Å². The summed E-state index contributed by atoms with van der Waals surface area (Å²) in [4.78, 5) is 45.8. The normalized spacial score (nSPS) is 17.6. The zero-order chi connectivity index (χ0) is 36.3. The van der Waals surface area contributed by atoms with Crippen molar-refractivity contribution < 1.29 is 23.1 Å². The zero-order valence-corrected chi connectivity index (χ0v) is 28.8. The number of amides is 2. The molecule has 0 spiro atoms. The predicted molar refractivity (Wildman–Crippen MR) is 193 cm³/mol. The Balaban J connectivity index is 1.21. The number of alkyl halides is 1. The highest BCUT2D eigenvalue weighted by molar-refractivity contribution is 6.04. The summed E-state index contributed by atoms with van der Waals surface area (Å²) in [6, 6.07) is 14.3. The second-order valence-electron chi connectivity index (χ2n) is 13.9. The fourth-order valence-electron chi connectivity index (χ4n) is 6.70. The molecule has 1 fully saturated rings. The first kappa shape index (κ1) is 35.2. The van der Waals surface area contributed by atoms with E-state index in [1.807, 2.05) is 33.1 Å². The first-order valence-corrected chi connectivity index (χ1v) is 16.9. The highest BCUT2D eigenvalue weighted by Crippen LogP contribution is 2.41. The Labute approximate surface area is 294 Å². The number of carbonyl (C=O) groups is 2. The third kappa shape index (κ3) is 7.62. The van der Waals surface area contributed by atoms with Crippen molar-refractivity contribution in [2.24, 2.45) is 11.0 Å². The average molecular weight is 698 g/mol. The Morgan fingerprint density at radius 2 is 1.71 bits per heavy atom. The lowest BCUT2D eigenvalue weighted by Crippen LogP contribution is -2.48. The molecule has 4 aromatic rings. The first-order valence-electron chi connectivity index (χ1n) is 16.9. The number of piperidine rings is 1. The number of carbonyl (C=O) groups excluding carboxylic acids is 2. The molecule has 0 bridgehead atoms. The minimum atomic E-state index is -0.703. The fraction of sp³-hybridized carbons (Fsp3) is 0.342. The Hall–Kier alpha value is -5.59. The van der Waals surface area contributed by atoms with E-state index in [-0.39, 0.29) is 29.7 Å². The van der Waals surface area contributed by atoms with Crippen LogP contribution in [-0.2, 0) is 16.7 Å². The minimum Gasteiger partial charge on any atom is -0.444 e. The van der Waals surface area contributed by atoms with E-state index < -0.39 is 34.8 Å². The summed E-state index contributed by atoms with van der Waals surface area (Å²) in [5, 5.41) is 7.15. The van der Waals surface area contributed by atoms with Gasteiger partial charge in [-0.3, -0.25) is 9.59 Å². The quantitative estimate of drug-likeness (QED) is 0.205. The van der Waals surface area contributed by atoms with Crippen LogP contribution in [-0.4, -0.2) is 64.6 Å². The van der Waals surface area contributed by atoms with E-state index in [0.717, 1.165) is 24.0 Å². The van der Waals surface area contributed by atoms with E-state index >= 15 is 0 Å². The number of nitrogens with two attached hydrogens (primary N) is 1. The molecule has 0 radical (unpaired) electrons. The Kier molecular flexibility index (Phi) is 9.91. The molecule has 51 heavy (non-hydrogen) atoms. The van der Waals surface area contributed by atoms with Gasteiger partial charge in [-0.1, -0.05) is 24.3 Å². The predicted octanol–water partition coefficient (Wildman–Crippen LogP) is 5.99. The molecule has 4 N–H and O–H groups in total. The van der Waals surface area contributed by atoms with Gasteiger partial charge in [0.15, 0.2) is 0 Å². The Morgan fingerprint density at radius 3 is 2.33 bits per heavy atom. The number of aromatic nitrogens is 2. The van der Waals surface area contributed by atoms with Crippen LogP contribution in [0.4, 0.5) is 25.1 Å². The molecule has 6 rings (SSSR count). The largest absolute Gasteiger partial charge is 0.444 e. The number of likely N-dealkylation sites (tertiary alicyclic amines) is 1. The maximum absolute atomic E-state index is 13.5. The first-order chi connectivity index (χ1) is 24.4. The number of hydrogen-bond donors (Lipinski definition) is 3. The van der Waals surface area contributed by atoms with Crippen LogP contribution in [0.5, 0.6) is 0 Å². The van der Waals surface area contributed by atoms with E-state index in [1.54, 1.807) is 35.4 Å². The molecule has 13 heteroatoms. The molecule has 2 amide bonds. The molecule has 2 aromatic carbocycles. The Morgan fingerprint density at radius 1 is 1.04 bits per heavy atom. The van der Waals surface area contributed by atoms with Gasteiger partial charge < -0.3 is 30.7 Å². The molecule has 2 aliphatic heterocycles. The summed E-state index contributed by atoms with van der Waals surface area (Å²) in [5.41, 5.74) is 11.2. The molecule has 1 atom stereocenters. The van der Waals surface area contributed by atoms with Crippen molar-refractivity contribution in [1.82, 2.24) is 19.9 Å². The van der Waals surface area contributed by atoms with Crippen molar-refractivity contribution in [3.8, 4) is 22.3 Å². The summed E-state index contributed by atoms with van der Waals surface area (Å²) in [6.45, 7) is 6.52. The van der Waals surface area contributed by atoms with E-state index in [4.69, 9.17) is 10.5 Å². The van der Waals surface area contributed by atoms with Crippen molar-refractivity contribution in [3.63, 3.8) is 0 Å². The minimum absolute atomic E-state index is 0.0630. The number of anilines is 2. The molecule has 2 aliphatic rings. The molecular formula is C38H41F2N7O4. The monoisotopic (exact) mass is 697 g/mol. The number of benzene rings is 2. The smallest absolute Gasteiger partial charge is 0.410 e. The van der Waals surface area contributed by atoms with E-state index in [1.165, 1.54) is 41.2 Å². The van der Waals surface area contributed by atoms with Crippen LogP contribution in [0.3, 0.4) is 0 Å². The van der Waals surface area contributed by atoms with Crippen LogP contribution in [0.2, 0.25) is 0 Å². The SMILES string of the molecule is CC(C)(C)OC(=O)N1CCC(C2(c3cnc(N)c(-c4ccc(NC(=O)c5cn(CCF)cc(-c6ccc(F)cc6)c5=O)cc4)c3)C=NNC2)CC1. The molecule has 4 heterocycles. The summed E-state index contributed by atoms with van der Waals surface area (Å²) in [7, 11) is 0. The summed E-state index contributed by atoms with van der Waals surface area (Å²) in [6.07, 6.45) is 7.69. The van der Waals surface area contributed by atoms with Gasteiger partial charge in [0.1, 0.15) is 29.5 Å².